The number of fused-ring (bicyclic) bond motifs is 1. The third kappa shape index (κ3) is 6.62. The van der Waals surface area contributed by atoms with Crippen LogP contribution in [0.1, 0.15) is 36.8 Å². The van der Waals surface area contributed by atoms with Crippen LogP contribution in [-0.2, 0) is 29.3 Å². The molecule has 0 saturated heterocycles. The lowest BCUT2D eigenvalue weighted by Gasteiger charge is -2.26. The molecule has 1 aliphatic rings. The number of nitrogens with zero attached hydrogens (tertiary/aromatic N) is 3. The zero-order valence-corrected chi connectivity index (χ0v) is 23.8. The van der Waals surface area contributed by atoms with Crippen LogP contribution >= 0.6 is 0 Å². The monoisotopic (exact) mass is 561 g/mol. The van der Waals surface area contributed by atoms with Crippen molar-refractivity contribution in [2.75, 3.05) is 7.11 Å². The van der Waals surface area contributed by atoms with Crippen molar-refractivity contribution >= 4 is 16.9 Å². The van der Waals surface area contributed by atoms with Crippen molar-refractivity contribution in [3.8, 4) is 22.9 Å². The summed E-state index contributed by atoms with van der Waals surface area (Å²) in [5.41, 5.74) is 5.00. The molecule has 1 fully saturated rings. The molecule has 0 spiro atoms. The van der Waals surface area contributed by atoms with E-state index in [0.717, 1.165) is 65.4 Å². The summed E-state index contributed by atoms with van der Waals surface area (Å²) in [7, 11) is 1.47. The fourth-order valence-electron chi connectivity index (χ4n) is 5.64. The number of rotatable bonds is 10. The molecule has 0 aliphatic heterocycles. The van der Waals surface area contributed by atoms with Crippen LogP contribution in [0.15, 0.2) is 97.2 Å². The Labute approximate surface area is 246 Å². The van der Waals surface area contributed by atoms with Crippen LogP contribution < -0.4 is 9.47 Å². The molecule has 5 aromatic rings. The molecule has 1 saturated carbocycles. The normalized spacial score (nSPS) is 16.7. The van der Waals surface area contributed by atoms with Crippen molar-refractivity contribution in [2.24, 2.45) is 11.8 Å². The first kappa shape index (κ1) is 27.5. The molecular weight excluding hydrogens is 526 g/mol. The van der Waals surface area contributed by atoms with Crippen molar-refractivity contribution in [1.29, 1.82) is 0 Å². The highest BCUT2D eigenvalue weighted by Crippen LogP contribution is 2.34. The zero-order valence-electron chi connectivity index (χ0n) is 23.8. The number of carbonyl (C=O) groups is 1. The first-order valence-electron chi connectivity index (χ1n) is 14.5. The molecule has 7 heteroatoms. The summed E-state index contributed by atoms with van der Waals surface area (Å²) in [6.07, 6.45) is 5.89. The molecule has 0 atom stereocenters. The Morgan fingerprint density at radius 3 is 2.21 bits per heavy atom. The Bertz CT molecular complexity index is 1630. The predicted molar refractivity (Wildman–Crippen MR) is 162 cm³/mol. The van der Waals surface area contributed by atoms with E-state index in [0.29, 0.717) is 30.9 Å². The van der Waals surface area contributed by atoms with Crippen molar-refractivity contribution < 1.29 is 19.0 Å². The van der Waals surface area contributed by atoms with E-state index in [2.05, 4.69) is 24.4 Å². The van der Waals surface area contributed by atoms with Gasteiger partial charge in [-0.25, -0.2) is 0 Å². The summed E-state index contributed by atoms with van der Waals surface area (Å²) < 4.78 is 19.3. The van der Waals surface area contributed by atoms with Crippen molar-refractivity contribution in [3.63, 3.8) is 0 Å². The number of esters is 1. The molecule has 6 rings (SSSR count). The van der Waals surface area contributed by atoms with Gasteiger partial charge in [0, 0.05) is 29.8 Å². The molecule has 0 unspecified atom stereocenters. The van der Waals surface area contributed by atoms with Gasteiger partial charge in [0.25, 0.3) is 0 Å². The van der Waals surface area contributed by atoms with Crippen LogP contribution in [0.2, 0.25) is 0 Å². The lowest BCUT2D eigenvalue weighted by molar-refractivity contribution is -0.146. The number of ether oxygens (including phenoxy) is 3. The molecule has 2 aromatic heterocycles. The zero-order chi connectivity index (χ0) is 28.7. The van der Waals surface area contributed by atoms with Crippen molar-refractivity contribution in [2.45, 2.75) is 45.4 Å². The van der Waals surface area contributed by atoms with E-state index in [-0.39, 0.29) is 11.9 Å². The quantitative estimate of drug-likeness (QED) is 0.167. The van der Waals surface area contributed by atoms with Gasteiger partial charge in [-0.2, -0.15) is 10.1 Å². The van der Waals surface area contributed by atoms with Crippen LogP contribution in [0, 0.1) is 11.8 Å². The Hall–Kier alpha value is -4.65. The first-order valence-corrected chi connectivity index (χ1v) is 14.5. The van der Waals surface area contributed by atoms with Crippen LogP contribution in [0.3, 0.4) is 0 Å². The van der Waals surface area contributed by atoms with E-state index < -0.39 is 0 Å². The minimum absolute atomic E-state index is 0.0348. The SMILES string of the molecule is COC(=O)C1CCC(Cn2cc3cc(-c4ccc(OCc5ccccc5)nc4OCc4ccccc4)ccc3n2)CC1. The molecule has 42 heavy (non-hydrogen) atoms. The van der Waals surface area contributed by atoms with E-state index >= 15 is 0 Å². The van der Waals surface area contributed by atoms with Gasteiger partial charge in [-0.3, -0.25) is 9.48 Å². The lowest BCUT2D eigenvalue weighted by Crippen LogP contribution is -2.25. The van der Waals surface area contributed by atoms with Crippen LogP contribution in [0.5, 0.6) is 11.8 Å². The van der Waals surface area contributed by atoms with Gasteiger partial charge in [0.05, 0.1) is 18.5 Å². The van der Waals surface area contributed by atoms with Crippen molar-refractivity contribution in [3.05, 3.63) is 108 Å². The molecular formula is C35H35N3O4. The Morgan fingerprint density at radius 2 is 1.52 bits per heavy atom. The lowest BCUT2D eigenvalue weighted by atomic mass is 9.82. The molecule has 0 amide bonds. The Balaban J connectivity index is 1.21. The van der Waals surface area contributed by atoms with Gasteiger partial charge < -0.3 is 14.2 Å². The van der Waals surface area contributed by atoms with Gasteiger partial charge in [0.2, 0.25) is 11.8 Å². The maximum atomic E-state index is 11.9. The average molecular weight is 562 g/mol. The summed E-state index contributed by atoms with van der Waals surface area (Å²) in [5.74, 6) is 1.50. The smallest absolute Gasteiger partial charge is 0.308 e. The third-order valence-corrected chi connectivity index (χ3v) is 7.97. The van der Waals surface area contributed by atoms with Gasteiger partial charge in [0.1, 0.15) is 13.2 Å². The summed E-state index contributed by atoms with van der Waals surface area (Å²) in [6.45, 7) is 1.68. The second-order valence-electron chi connectivity index (χ2n) is 10.9. The highest BCUT2D eigenvalue weighted by Gasteiger charge is 2.27. The van der Waals surface area contributed by atoms with Crippen LogP contribution in [-0.4, -0.2) is 27.8 Å². The summed E-state index contributed by atoms with van der Waals surface area (Å²) in [5, 5.41) is 5.90. The highest BCUT2D eigenvalue weighted by molar-refractivity contribution is 5.85. The largest absolute Gasteiger partial charge is 0.473 e. The predicted octanol–water partition coefficient (Wildman–Crippen LogP) is 7.24. The number of carbonyl (C=O) groups excluding carboxylic acids is 1. The van der Waals surface area contributed by atoms with Crippen LogP contribution in [0.25, 0.3) is 22.0 Å². The van der Waals surface area contributed by atoms with E-state index in [1.165, 1.54) is 7.11 Å². The van der Waals surface area contributed by atoms with Gasteiger partial charge >= 0.3 is 5.97 Å². The maximum absolute atomic E-state index is 11.9. The van der Waals surface area contributed by atoms with Gasteiger partial charge in [-0.1, -0.05) is 66.7 Å². The van der Waals surface area contributed by atoms with Gasteiger partial charge in [0.15, 0.2) is 0 Å². The van der Waals surface area contributed by atoms with Gasteiger partial charge in [-0.05, 0) is 66.5 Å². The summed E-state index contributed by atoms with van der Waals surface area (Å²) >= 11 is 0. The number of pyridine rings is 1. The molecule has 0 radical (unpaired) electrons. The van der Waals surface area contributed by atoms with Crippen molar-refractivity contribution in [1.82, 2.24) is 14.8 Å². The number of benzene rings is 3. The summed E-state index contributed by atoms with van der Waals surface area (Å²) in [4.78, 5) is 16.7. The molecule has 214 valence electrons. The fraction of sp³-hybridized carbons (Fsp3) is 0.286. The second kappa shape index (κ2) is 12.9. The van der Waals surface area contributed by atoms with E-state index in [9.17, 15) is 4.79 Å². The number of hydrogen-bond donors (Lipinski definition) is 0. The first-order chi connectivity index (χ1) is 20.6. The average Bonchev–Trinajstić information content (AvgIpc) is 3.45. The van der Waals surface area contributed by atoms with E-state index in [4.69, 9.17) is 24.3 Å². The molecule has 0 bridgehead atoms. The van der Waals surface area contributed by atoms with Crippen LogP contribution in [0.4, 0.5) is 0 Å². The van der Waals surface area contributed by atoms with E-state index in [1.54, 1.807) is 0 Å². The molecule has 0 N–H and O–H groups in total. The molecule has 1 aliphatic carbocycles. The molecule has 2 heterocycles. The Morgan fingerprint density at radius 1 is 0.833 bits per heavy atom. The Kier molecular flexibility index (Phi) is 8.45. The second-order valence-corrected chi connectivity index (χ2v) is 10.9. The van der Waals surface area contributed by atoms with Gasteiger partial charge in [-0.15, -0.1) is 0 Å². The highest BCUT2D eigenvalue weighted by atomic mass is 16.5. The number of methoxy groups -OCH3 is 1. The standard InChI is InChI=1S/C35H35N3O4/c1-40-35(39)28-14-12-25(13-15-28)21-38-22-30-20-29(16-18-32(30)37-38)31-17-19-33(41-23-26-8-4-2-5-9-26)36-34(31)42-24-27-10-6-3-7-11-27/h2-11,16-20,22,25,28H,12-15,21,23-24H2,1H3. The van der Waals surface area contributed by atoms with E-state index in [1.807, 2.05) is 77.5 Å². The number of aromatic nitrogens is 3. The molecule has 7 nitrogen and oxygen atoms in total. The fourth-order valence-corrected chi connectivity index (χ4v) is 5.64. The number of hydrogen-bond acceptors (Lipinski definition) is 6. The topological polar surface area (TPSA) is 75.5 Å². The maximum Gasteiger partial charge on any atom is 0.308 e. The third-order valence-electron chi connectivity index (χ3n) is 7.97. The summed E-state index contributed by atoms with van der Waals surface area (Å²) in [6, 6.07) is 30.3. The minimum atomic E-state index is -0.0804. The minimum Gasteiger partial charge on any atom is -0.473 e. The molecule has 3 aromatic carbocycles.